The minimum Gasteiger partial charge on any atom is -0.507 e. The van der Waals surface area contributed by atoms with Crippen molar-refractivity contribution in [2.24, 2.45) is 4.99 Å². The van der Waals surface area contributed by atoms with Crippen LogP contribution in [0, 0.1) is 0 Å². The molecule has 0 aliphatic heterocycles. The largest absolute Gasteiger partial charge is 0.507 e. The molecule has 2 nitrogen and oxygen atoms in total. The summed E-state index contributed by atoms with van der Waals surface area (Å²) >= 11 is 0. The van der Waals surface area contributed by atoms with Crippen molar-refractivity contribution in [3.05, 3.63) is 53.6 Å². The van der Waals surface area contributed by atoms with Gasteiger partial charge in [-0.2, -0.15) is 0 Å². The van der Waals surface area contributed by atoms with Crippen LogP contribution in [0.2, 0.25) is 0 Å². The molecule has 2 heteroatoms. The highest BCUT2D eigenvalue weighted by Crippen LogP contribution is 2.39. The average molecular weight is 378 g/mol. The number of phenols is 1. The molecule has 0 spiro atoms. The van der Waals surface area contributed by atoms with Crippen LogP contribution in [-0.4, -0.2) is 18.4 Å². The van der Waals surface area contributed by atoms with Gasteiger partial charge in [-0.25, -0.2) is 0 Å². The summed E-state index contributed by atoms with van der Waals surface area (Å²) in [5.41, 5.74) is 4.16. The van der Waals surface area contributed by atoms with Crippen molar-refractivity contribution in [2.75, 3.05) is 7.05 Å². The molecule has 28 heavy (non-hydrogen) atoms. The van der Waals surface area contributed by atoms with Crippen molar-refractivity contribution in [1.29, 1.82) is 0 Å². The van der Waals surface area contributed by atoms with Crippen molar-refractivity contribution in [3.8, 4) is 16.9 Å². The Balaban J connectivity index is 1.89. The van der Waals surface area contributed by atoms with Gasteiger partial charge in [0.2, 0.25) is 0 Å². The second-order valence-corrected chi connectivity index (χ2v) is 8.17. The number of aliphatic imine (C=N–C) groups is 1. The maximum absolute atomic E-state index is 11.2. The summed E-state index contributed by atoms with van der Waals surface area (Å²) in [5.74, 6) is 0.886. The molecule has 0 heterocycles. The lowest BCUT2D eigenvalue weighted by atomic mass is 9.84. The van der Waals surface area contributed by atoms with E-state index in [4.69, 9.17) is 0 Å². The van der Waals surface area contributed by atoms with Crippen molar-refractivity contribution >= 4 is 6.21 Å². The molecule has 2 aromatic rings. The number of phenolic OH excluding ortho intramolecular Hbond substituents is 1. The molecule has 0 aromatic heterocycles. The Morgan fingerprint density at radius 3 is 1.93 bits per heavy atom. The summed E-state index contributed by atoms with van der Waals surface area (Å²) in [7, 11) is 1.77. The van der Waals surface area contributed by atoms with Gasteiger partial charge in [0.25, 0.3) is 0 Å². The van der Waals surface area contributed by atoms with Gasteiger partial charge in [0.05, 0.1) is 0 Å². The first-order chi connectivity index (χ1) is 13.8. The fraction of sp³-hybridized carbons (Fsp3) is 0.500. The van der Waals surface area contributed by atoms with Crippen LogP contribution in [0.15, 0.2) is 47.5 Å². The highest BCUT2D eigenvalue weighted by Gasteiger charge is 2.20. The Hall–Kier alpha value is -2.09. The number of nitrogens with zero attached hydrogens (tertiary/aromatic N) is 1. The van der Waals surface area contributed by atoms with E-state index in [1.54, 1.807) is 7.05 Å². The summed E-state index contributed by atoms with van der Waals surface area (Å²) in [6, 6.07) is 14.6. The van der Waals surface area contributed by atoms with Gasteiger partial charge in [-0.05, 0) is 35.4 Å². The van der Waals surface area contributed by atoms with Gasteiger partial charge in [0.1, 0.15) is 5.75 Å². The van der Waals surface area contributed by atoms with E-state index in [0.29, 0.717) is 11.7 Å². The number of rotatable bonds is 3. The van der Waals surface area contributed by atoms with Crippen LogP contribution in [0.1, 0.15) is 87.7 Å². The third-order valence-electron chi connectivity index (χ3n) is 6.14. The highest BCUT2D eigenvalue weighted by molar-refractivity contribution is 5.94. The zero-order valence-corrected chi connectivity index (χ0v) is 17.4. The van der Waals surface area contributed by atoms with E-state index >= 15 is 0 Å². The molecule has 1 aliphatic rings. The van der Waals surface area contributed by atoms with Crippen molar-refractivity contribution in [1.82, 2.24) is 0 Å². The third kappa shape index (κ3) is 5.47. The molecule has 150 valence electrons. The predicted octanol–water partition coefficient (Wildman–Crippen LogP) is 7.50. The van der Waals surface area contributed by atoms with Crippen LogP contribution < -0.4 is 0 Å². The molecule has 2 aromatic carbocycles. The zero-order valence-electron chi connectivity index (χ0n) is 17.4. The van der Waals surface area contributed by atoms with Gasteiger partial charge < -0.3 is 5.11 Å². The highest BCUT2D eigenvalue weighted by atomic mass is 16.3. The smallest absolute Gasteiger partial charge is 0.128 e. The van der Waals surface area contributed by atoms with Crippen LogP contribution in [0.5, 0.6) is 5.75 Å². The molecule has 3 rings (SSSR count). The van der Waals surface area contributed by atoms with E-state index in [0.717, 1.165) is 22.3 Å². The quantitative estimate of drug-likeness (QED) is 0.552. The molecule has 0 bridgehead atoms. The van der Waals surface area contributed by atoms with Crippen LogP contribution in [0.25, 0.3) is 11.1 Å². The van der Waals surface area contributed by atoms with Crippen LogP contribution >= 0.6 is 0 Å². The maximum Gasteiger partial charge on any atom is 0.128 e. The van der Waals surface area contributed by atoms with E-state index in [2.05, 4.69) is 29.3 Å². The molecule has 1 saturated carbocycles. The zero-order chi connectivity index (χ0) is 19.6. The lowest BCUT2D eigenvalue weighted by Crippen LogP contribution is -2.03. The van der Waals surface area contributed by atoms with E-state index in [9.17, 15) is 5.11 Å². The van der Waals surface area contributed by atoms with Gasteiger partial charge in [0, 0.05) is 18.8 Å². The van der Waals surface area contributed by atoms with Crippen molar-refractivity contribution in [3.63, 3.8) is 0 Å². The normalized spacial score (nSPS) is 17.9. The Bertz CT molecular complexity index is 739. The lowest BCUT2D eigenvalue weighted by molar-refractivity contribution is 0.432. The number of hydrogen-bond donors (Lipinski definition) is 1. The molecular formula is C26H35NO. The van der Waals surface area contributed by atoms with E-state index in [1.165, 1.54) is 70.6 Å². The third-order valence-corrected chi connectivity index (χ3v) is 6.14. The second kappa shape index (κ2) is 11.0. The molecule has 0 radical (unpaired) electrons. The summed E-state index contributed by atoms with van der Waals surface area (Å²) in [6.07, 6.45) is 16.3. The molecule has 0 amide bonds. The number of aromatic hydroxyl groups is 1. The van der Waals surface area contributed by atoms with Gasteiger partial charge in [0.15, 0.2) is 0 Å². The standard InChI is InChI=1S/C26H35NO/c1-27-20-25-23(21-14-12-9-13-15-21)18-19-24(26(25)28)22-16-10-7-5-3-2-4-6-8-11-17-22/h9,12-15,18-20,22,28H,2-8,10-11,16-17H2,1H3. The first-order valence-corrected chi connectivity index (χ1v) is 11.1. The average Bonchev–Trinajstić information content (AvgIpc) is 2.71. The Labute approximate surface area is 170 Å². The van der Waals surface area contributed by atoms with Crippen molar-refractivity contribution < 1.29 is 5.11 Å². The minimum atomic E-state index is 0.434. The fourth-order valence-electron chi connectivity index (χ4n) is 4.56. The minimum absolute atomic E-state index is 0.434. The SMILES string of the molecule is CN=Cc1c(-c2ccccc2)ccc(C2CCCCCCCCCCC2)c1O. The monoisotopic (exact) mass is 377 g/mol. The van der Waals surface area contributed by atoms with E-state index in [1.807, 2.05) is 24.4 Å². The van der Waals surface area contributed by atoms with Gasteiger partial charge >= 0.3 is 0 Å². The summed E-state index contributed by atoms with van der Waals surface area (Å²) < 4.78 is 0. The lowest BCUT2D eigenvalue weighted by Gasteiger charge is -2.21. The predicted molar refractivity (Wildman–Crippen MR) is 121 cm³/mol. The van der Waals surface area contributed by atoms with E-state index in [-0.39, 0.29) is 0 Å². The molecule has 0 unspecified atom stereocenters. The fourth-order valence-corrected chi connectivity index (χ4v) is 4.56. The molecule has 0 saturated heterocycles. The second-order valence-electron chi connectivity index (χ2n) is 8.17. The van der Waals surface area contributed by atoms with Gasteiger partial charge in [-0.15, -0.1) is 0 Å². The first-order valence-electron chi connectivity index (χ1n) is 11.1. The summed E-state index contributed by atoms with van der Waals surface area (Å²) in [5, 5.41) is 11.2. The van der Waals surface area contributed by atoms with Gasteiger partial charge in [-0.3, -0.25) is 4.99 Å². The Kier molecular flexibility index (Phi) is 8.14. The van der Waals surface area contributed by atoms with Crippen LogP contribution in [-0.2, 0) is 0 Å². The topological polar surface area (TPSA) is 32.6 Å². The Morgan fingerprint density at radius 2 is 1.36 bits per heavy atom. The Morgan fingerprint density at radius 1 is 0.786 bits per heavy atom. The summed E-state index contributed by atoms with van der Waals surface area (Å²) in [4.78, 5) is 4.24. The molecule has 1 fully saturated rings. The van der Waals surface area contributed by atoms with Gasteiger partial charge in [-0.1, -0.05) is 100 Å². The molecule has 1 aliphatic carbocycles. The van der Waals surface area contributed by atoms with Crippen LogP contribution in [0.4, 0.5) is 0 Å². The first kappa shape index (κ1) is 20.6. The molecule has 0 atom stereocenters. The summed E-state index contributed by atoms with van der Waals surface area (Å²) in [6.45, 7) is 0. The molecular weight excluding hydrogens is 342 g/mol. The van der Waals surface area contributed by atoms with Crippen LogP contribution in [0.3, 0.4) is 0 Å². The maximum atomic E-state index is 11.2. The van der Waals surface area contributed by atoms with E-state index < -0.39 is 0 Å². The van der Waals surface area contributed by atoms with Crippen molar-refractivity contribution in [2.45, 2.75) is 76.5 Å². The number of hydrogen-bond acceptors (Lipinski definition) is 2. The molecule has 1 N–H and O–H groups in total. The number of benzene rings is 2.